The molecule has 1 saturated heterocycles. The standard InChI is InChI=1S/C42H82NO11P/c1-6-8-10-12-14-15-16-17-18-19-20-22-26-30-39(44)48-36-38(37-50-55(46,47)49-35-34-43(3,4)5)51-40(45)31-27-23-21-25-29-33-42-52-41(53-54-42)32-28-24-13-11-9-7-2/h38,41-42H,6-37H2,1-5H3. The number of phosphoric ester groups is 1. The third kappa shape index (κ3) is 33.6. The average Bonchev–Trinajstić information content (AvgIpc) is 3.59. The summed E-state index contributed by atoms with van der Waals surface area (Å²) in [6.45, 7) is 4.11. The highest BCUT2D eigenvalue weighted by atomic mass is 31.2. The maximum Gasteiger partial charge on any atom is 0.306 e. The number of carbonyl (C=O) groups is 2. The number of carbonyl (C=O) groups excluding carboxylic acids is 2. The van der Waals surface area contributed by atoms with E-state index in [2.05, 4.69) is 13.8 Å². The highest BCUT2D eigenvalue weighted by Gasteiger charge is 2.27. The number of ether oxygens (including phenoxy) is 3. The van der Waals surface area contributed by atoms with Crippen LogP contribution in [-0.4, -0.2) is 82.6 Å². The van der Waals surface area contributed by atoms with E-state index in [0.29, 0.717) is 17.4 Å². The number of hydrogen-bond acceptors (Lipinski definition) is 11. The molecule has 12 nitrogen and oxygen atoms in total. The lowest BCUT2D eigenvalue weighted by Gasteiger charge is -2.28. The molecule has 4 unspecified atom stereocenters. The molecule has 0 radical (unpaired) electrons. The van der Waals surface area contributed by atoms with Gasteiger partial charge in [-0.3, -0.25) is 14.2 Å². The number of phosphoric acid groups is 1. The molecule has 1 aliphatic rings. The summed E-state index contributed by atoms with van der Waals surface area (Å²) < 4.78 is 39.7. The van der Waals surface area contributed by atoms with Gasteiger partial charge < -0.3 is 32.6 Å². The van der Waals surface area contributed by atoms with Gasteiger partial charge in [0.1, 0.15) is 19.8 Å². The zero-order chi connectivity index (χ0) is 40.5. The molecule has 0 N–H and O–H groups in total. The van der Waals surface area contributed by atoms with E-state index in [1.807, 2.05) is 21.1 Å². The van der Waals surface area contributed by atoms with Gasteiger partial charge >= 0.3 is 11.9 Å². The Bertz CT molecular complexity index is 980. The molecule has 326 valence electrons. The van der Waals surface area contributed by atoms with Crippen LogP contribution in [0.1, 0.15) is 194 Å². The molecule has 55 heavy (non-hydrogen) atoms. The topological polar surface area (TPSA) is 139 Å². The number of hydrogen-bond donors (Lipinski definition) is 0. The highest BCUT2D eigenvalue weighted by Crippen LogP contribution is 2.38. The molecule has 1 heterocycles. The van der Waals surface area contributed by atoms with E-state index in [1.165, 1.54) is 96.3 Å². The van der Waals surface area contributed by atoms with Crippen molar-refractivity contribution in [2.45, 2.75) is 212 Å². The van der Waals surface area contributed by atoms with Crippen LogP contribution >= 0.6 is 7.82 Å². The Kier molecular flexibility index (Phi) is 31.9. The SMILES string of the molecule is CCCCCCCCCCCCCCCC(=O)OCC(COP(=O)([O-])OCC[N+](C)(C)C)OC(=O)CCCCCCCC1OOC(CCCCCCCC)O1. The fourth-order valence-corrected chi connectivity index (χ4v) is 7.05. The van der Waals surface area contributed by atoms with Crippen LogP contribution in [0, 0.1) is 0 Å². The Morgan fingerprint density at radius 2 is 1.02 bits per heavy atom. The van der Waals surface area contributed by atoms with Gasteiger partial charge in [-0.2, -0.15) is 0 Å². The zero-order valence-electron chi connectivity index (χ0n) is 35.7. The monoisotopic (exact) mass is 808 g/mol. The van der Waals surface area contributed by atoms with Crippen LogP contribution in [0.15, 0.2) is 0 Å². The minimum Gasteiger partial charge on any atom is -0.756 e. The van der Waals surface area contributed by atoms with Crippen molar-refractivity contribution < 1.29 is 56.6 Å². The molecule has 0 aromatic heterocycles. The second-order valence-corrected chi connectivity index (χ2v) is 17.8. The van der Waals surface area contributed by atoms with Crippen LogP contribution in [0.4, 0.5) is 0 Å². The summed E-state index contributed by atoms with van der Waals surface area (Å²) in [5, 5.41) is 0. The van der Waals surface area contributed by atoms with Gasteiger partial charge in [-0.15, -0.1) is 0 Å². The Hall–Kier alpha value is -1.11. The number of nitrogens with zero attached hydrogens (tertiary/aromatic N) is 1. The van der Waals surface area contributed by atoms with Crippen molar-refractivity contribution in [2.75, 3.05) is 47.5 Å². The van der Waals surface area contributed by atoms with E-state index >= 15 is 0 Å². The van der Waals surface area contributed by atoms with Gasteiger partial charge in [0.2, 0.25) is 0 Å². The van der Waals surface area contributed by atoms with Crippen molar-refractivity contribution in [3.63, 3.8) is 0 Å². The molecule has 0 aromatic carbocycles. The van der Waals surface area contributed by atoms with Gasteiger partial charge in [0.05, 0.1) is 27.7 Å². The van der Waals surface area contributed by atoms with Crippen LogP contribution in [0.3, 0.4) is 0 Å². The molecule has 1 fully saturated rings. The second-order valence-electron chi connectivity index (χ2n) is 16.4. The molecule has 0 spiro atoms. The molecule has 4 atom stereocenters. The van der Waals surface area contributed by atoms with Gasteiger partial charge in [-0.25, -0.2) is 9.78 Å². The van der Waals surface area contributed by atoms with Crippen LogP contribution < -0.4 is 4.89 Å². The minimum atomic E-state index is -4.64. The molecular formula is C42H82NO11P. The zero-order valence-corrected chi connectivity index (χ0v) is 36.6. The summed E-state index contributed by atoms with van der Waals surface area (Å²) in [6, 6.07) is 0. The van der Waals surface area contributed by atoms with Crippen LogP contribution in [-0.2, 0) is 47.2 Å². The average molecular weight is 808 g/mol. The smallest absolute Gasteiger partial charge is 0.306 e. The van der Waals surface area contributed by atoms with Crippen LogP contribution in [0.2, 0.25) is 0 Å². The van der Waals surface area contributed by atoms with Crippen molar-refractivity contribution in [3.05, 3.63) is 0 Å². The van der Waals surface area contributed by atoms with Gasteiger partial charge in [0.15, 0.2) is 18.7 Å². The first-order chi connectivity index (χ1) is 26.4. The fourth-order valence-electron chi connectivity index (χ4n) is 6.32. The maximum atomic E-state index is 12.7. The summed E-state index contributed by atoms with van der Waals surface area (Å²) >= 11 is 0. The number of unbranched alkanes of at least 4 members (excludes halogenated alkanes) is 21. The van der Waals surface area contributed by atoms with E-state index in [4.69, 9.17) is 33.0 Å². The Balaban J connectivity index is 2.30. The maximum absolute atomic E-state index is 12.7. The molecule has 0 saturated carbocycles. The van der Waals surface area contributed by atoms with Gasteiger partial charge in [0.25, 0.3) is 7.82 Å². The van der Waals surface area contributed by atoms with E-state index in [0.717, 1.165) is 64.2 Å². The normalized spacial score (nSPS) is 17.6. The molecule has 1 aliphatic heterocycles. The third-order valence-electron chi connectivity index (χ3n) is 9.83. The predicted octanol–water partition coefficient (Wildman–Crippen LogP) is 10.2. The van der Waals surface area contributed by atoms with Crippen molar-refractivity contribution in [1.82, 2.24) is 0 Å². The van der Waals surface area contributed by atoms with E-state index < -0.39 is 32.5 Å². The molecular weight excluding hydrogens is 725 g/mol. The Morgan fingerprint density at radius 3 is 1.47 bits per heavy atom. The van der Waals surface area contributed by atoms with Crippen molar-refractivity contribution in [2.24, 2.45) is 0 Å². The summed E-state index contributed by atoms with van der Waals surface area (Å²) in [5.41, 5.74) is 0. The quantitative estimate of drug-likeness (QED) is 0.0193. The van der Waals surface area contributed by atoms with Gasteiger partial charge in [0, 0.05) is 25.7 Å². The van der Waals surface area contributed by atoms with E-state index in [1.54, 1.807) is 0 Å². The molecule has 0 aromatic rings. The van der Waals surface area contributed by atoms with Crippen molar-refractivity contribution in [1.29, 1.82) is 0 Å². The summed E-state index contributed by atoms with van der Waals surface area (Å²) in [6.07, 6.45) is 27.8. The molecule has 0 amide bonds. The van der Waals surface area contributed by atoms with Gasteiger partial charge in [-0.1, -0.05) is 142 Å². The number of rotatable bonds is 39. The molecule has 0 aliphatic carbocycles. The summed E-state index contributed by atoms with van der Waals surface area (Å²) in [4.78, 5) is 48.3. The first-order valence-electron chi connectivity index (χ1n) is 22.2. The molecule has 1 rings (SSSR count). The Labute approximate surface area is 335 Å². The summed E-state index contributed by atoms with van der Waals surface area (Å²) in [5.74, 6) is -0.893. The minimum absolute atomic E-state index is 0.0445. The lowest BCUT2D eigenvalue weighted by molar-refractivity contribution is -0.870. The molecule has 0 bridgehead atoms. The van der Waals surface area contributed by atoms with E-state index in [-0.39, 0.29) is 38.6 Å². The van der Waals surface area contributed by atoms with Crippen LogP contribution in [0.5, 0.6) is 0 Å². The number of esters is 2. The Morgan fingerprint density at radius 1 is 0.600 bits per heavy atom. The lowest BCUT2D eigenvalue weighted by atomic mass is 10.0. The van der Waals surface area contributed by atoms with Crippen molar-refractivity contribution in [3.8, 4) is 0 Å². The van der Waals surface area contributed by atoms with Crippen molar-refractivity contribution >= 4 is 19.8 Å². The lowest BCUT2D eigenvalue weighted by Crippen LogP contribution is -2.37. The number of quaternary nitrogens is 1. The van der Waals surface area contributed by atoms with E-state index in [9.17, 15) is 19.0 Å². The summed E-state index contributed by atoms with van der Waals surface area (Å²) in [7, 11) is 1.12. The largest absolute Gasteiger partial charge is 0.756 e. The van der Waals surface area contributed by atoms with Gasteiger partial charge in [-0.05, 0) is 25.7 Å². The first kappa shape index (κ1) is 51.9. The number of likely N-dealkylation sites (N-methyl/N-ethyl adjacent to an activating group) is 1. The predicted molar refractivity (Wildman–Crippen MR) is 215 cm³/mol. The second kappa shape index (κ2) is 33.8. The molecule has 13 heteroatoms. The van der Waals surface area contributed by atoms with Crippen LogP contribution in [0.25, 0.3) is 0 Å². The first-order valence-corrected chi connectivity index (χ1v) is 23.6. The third-order valence-corrected chi connectivity index (χ3v) is 10.8. The fraction of sp³-hybridized carbons (Fsp3) is 0.952. The highest BCUT2D eigenvalue weighted by molar-refractivity contribution is 7.45.